The fourth-order valence-corrected chi connectivity index (χ4v) is 3.19. The van der Waals surface area contributed by atoms with Crippen molar-refractivity contribution in [1.29, 1.82) is 0 Å². The summed E-state index contributed by atoms with van der Waals surface area (Å²) in [6, 6.07) is 9.90. The summed E-state index contributed by atoms with van der Waals surface area (Å²) in [5, 5.41) is 0. The van der Waals surface area contributed by atoms with Crippen molar-refractivity contribution >= 4 is 5.78 Å². The van der Waals surface area contributed by atoms with Gasteiger partial charge in [-0.2, -0.15) is 0 Å². The van der Waals surface area contributed by atoms with Gasteiger partial charge in [-0.05, 0) is 43.7 Å². The molecule has 110 valence electrons. The number of Topliss-reactive ketones (excluding diaryl/α,β-unsaturated/α-hetero) is 1. The second-order valence-corrected chi connectivity index (χ2v) is 5.90. The highest BCUT2D eigenvalue weighted by Crippen LogP contribution is 2.32. The summed E-state index contributed by atoms with van der Waals surface area (Å²) >= 11 is 0. The molecule has 2 rings (SSSR count). The van der Waals surface area contributed by atoms with Crippen LogP contribution in [0.25, 0.3) is 0 Å². The summed E-state index contributed by atoms with van der Waals surface area (Å²) in [6.45, 7) is 2.95. The number of ether oxygens (including phenoxy) is 1. The molecule has 1 aromatic rings. The molecule has 0 radical (unpaired) electrons. The molecule has 2 nitrogen and oxygen atoms in total. The first kappa shape index (κ1) is 15.1. The molecular weight excluding hydrogens is 248 g/mol. The summed E-state index contributed by atoms with van der Waals surface area (Å²) in [6.07, 6.45) is 7.51. The molecule has 0 heterocycles. The van der Waals surface area contributed by atoms with Gasteiger partial charge in [0.05, 0.1) is 6.61 Å². The van der Waals surface area contributed by atoms with Crippen LogP contribution in [-0.4, -0.2) is 12.4 Å². The highest BCUT2D eigenvalue weighted by atomic mass is 16.5. The van der Waals surface area contributed by atoms with Crippen LogP contribution in [0.2, 0.25) is 0 Å². The Morgan fingerprint density at radius 2 is 2.00 bits per heavy atom. The van der Waals surface area contributed by atoms with Crippen molar-refractivity contribution < 1.29 is 9.53 Å². The molecule has 0 spiro atoms. The molecule has 2 atom stereocenters. The number of hydrogen-bond donors (Lipinski definition) is 0. The van der Waals surface area contributed by atoms with Gasteiger partial charge in [0.15, 0.2) is 0 Å². The molecule has 1 saturated carbocycles. The van der Waals surface area contributed by atoms with Gasteiger partial charge in [-0.3, -0.25) is 4.79 Å². The largest absolute Gasteiger partial charge is 0.494 e. The monoisotopic (exact) mass is 274 g/mol. The zero-order valence-corrected chi connectivity index (χ0v) is 12.5. The molecule has 0 aliphatic heterocycles. The van der Waals surface area contributed by atoms with E-state index < -0.39 is 0 Å². The Labute approximate surface area is 122 Å². The number of carbonyl (C=O) groups excluding carboxylic acids is 1. The normalized spacial score (nSPS) is 22.8. The Bertz CT molecular complexity index is 399. The highest BCUT2D eigenvalue weighted by Gasteiger charge is 2.27. The molecule has 1 fully saturated rings. The Kier molecular flexibility index (Phi) is 6.10. The molecule has 0 N–H and O–H groups in total. The van der Waals surface area contributed by atoms with Crippen molar-refractivity contribution in [2.75, 3.05) is 6.61 Å². The van der Waals surface area contributed by atoms with Crippen LogP contribution in [0.15, 0.2) is 30.3 Å². The summed E-state index contributed by atoms with van der Waals surface area (Å²) in [5.74, 6) is 2.47. The van der Waals surface area contributed by atoms with Gasteiger partial charge in [-0.15, -0.1) is 0 Å². The van der Waals surface area contributed by atoms with Crippen LogP contribution >= 0.6 is 0 Å². The maximum absolute atomic E-state index is 12.0. The molecule has 0 amide bonds. The average molecular weight is 274 g/mol. The second kappa shape index (κ2) is 8.08. The van der Waals surface area contributed by atoms with Crippen molar-refractivity contribution in [3.63, 3.8) is 0 Å². The SMILES string of the molecule is CCCC1CCC(=O)C(CCCOc2ccccc2)C1. The van der Waals surface area contributed by atoms with E-state index in [1.807, 2.05) is 30.3 Å². The number of carbonyl (C=O) groups is 1. The van der Waals surface area contributed by atoms with E-state index in [0.29, 0.717) is 18.3 Å². The summed E-state index contributed by atoms with van der Waals surface area (Å²) in [4.78, 5) is 12.0. The predicted molar refractivity (Wildman–Crippen MR) is 81.9 cm³/mol. The lowest BCUT2D eigenvalue weighted by Crippen LogP contribution is -2.25. The molecule has 0 aromatic heterocycles. The molecule has 20 heavy (non-hydrogen) atoms. The van der Waals surface area contributed by atoms with Crippen molar-refractivity contribution in [1.82, 2.24) is 0 Å². The Balaban J connectivity index is 1.68. The van der Waals surface area contributed by atoms with Gasteiger partial charge < -0.3 is 4.74 Å². The van der Waals surface area contributed by atoms with E-state index >= 15 is 0 Å². The van der Waals surface area contributed by atoms with Crippen molar-refractivity contribution in [3.05, 3.63) is 30.3 Å². The second-order valence-electron chi connectivity index (χ2n) is 5.90. The number of rotatable bonds is 7. The topological polar surface area (TPSA) is 26.3 Å². The quantitative estimate of drug-likeness (QED) is 0.677. The third-order valence-electron chi connectivity index (χ3n) is 4.28. The van der Waals surface area contributed by atoms with Gasteiger partial charge in [0.1, 0.15) is 11.5 Å². The Hall–Kier alpha value is -1.31. The third kappa shape index (κ3) is 4.66. The molecule has 1 aliphatic carbocycles. The van der Waals surface area contributed by atoms with Crippen molar-refractivity contribution in [3.8, 4) is 5.75 Å². The fourth-order valence-electron chi connectivity index (χ4n) is 3.19. The van der Waals surface area contributed by atoms with Crippen LogP contribution in [0.3, 0.4) is 0 Å². The maximum atomic E-state index is 12.0. The molecular formula is C18H26O2. The molecule has 2 heteroatoms. The molecule has 0 bridgehead atoms. The standard InChI is InChI=1S/C18H26O2/c1-2-7-15-11-12-18(19)16(14-15)8-6-13-20-17-9-4-3-5-10-17/h3-5,9-10,15-16H,2,6-8,11-14H2,1H3. The Morgan fingerprint density at radius 3 is 2.75 bits per heavy atom. The minimum Gasteiger partial charge on any atom is -0.494 e. The lowest BCUT2D eigenvalue weighted by atomic mass is 9.77. The van der Waals surface area contributed by atoms with Crippen molar-refractivity contribution in [2.24, 2.45) is 11.8 Å². The van der Waals surface area contributed by atoms with E-state index in [2.05, 4.69) is 6.92 Å². The zero-order chi connectivity index (χ0) is 14.2. The van der Waals surface area contributed by atoms with Crippen LogP contribution in [-0.2, 0) is 4.79 Å². The number of hydrogen-bond acceptors (Lipinski definition) is 2. The van der Waals surface area contributed by atoms with Gasteiger partial charge in [-0.1, -0.05) is 38.0 Å². The van der Waals surface area contributed by atoms with Crippen LogP contribution in [0, 0.1) is 11.8 Å². The van der Waals surface area contributed by atoms with Gasteiger partial charge in [-0.25, -0.2) is 0 Å². The van der Waals surface area contributed by atoms with Gasteiger partial charge in [0.2, 0.25) is 0 Å². The fraction of sp³-hybridized carbons (Fsp3) is 0.611. The first-order chi connectivity index (χ1) is 9.79. The van der Waals surface area contributed by atoms with E-state index in [1.54, 1.807) is 0 Å². The third-order valence-corrected chi connectivity index (χ3v) is 4.28. The van der Waals surface area contributed by atoms with E-state index in [-0.39, 0.29) is 0 Å². The van der Waals surface area contributed by atoms with E-state index in [0.717, 1.165) is 43.8 Å². The van der Waals surface area contributed by atoms with Gasteiger partial charge >= 0.3 is 0 Å². The highest BCUT2D eigenvalue weighted by molar-refractivity contribution is 5.81. The summed E-state index contributed by atoms with van der Waals surface area (Å²) < 4.78 is 5.70. The average Bonchev–Trinajstić information content (AvgIpc) is 2.48. The van der Waals surface area contributed by atoms with Crippen LogP contribution < -0.4 is 4.74 Å². The minimum absolute atomic E-state index is 0.291. The molecule has 1 aliphatic rings. The molecule has 0 saturated heterocycles. The lowest BCUT2D eigenvalue weighted by Gasteiger charge is -2.27. The van der Waals surface area contributed by atoms with Gasteiger partial charge in [0, 0.05) is 12.3 Å². The first-order valence-electron chi connectivity index (χ1n) is 8.00. The molecule has 1 aromatic carbocycles. The van der Waals surface area contributed by atoms with Crippen LogP contribution in [0.1, 0.15) is 51.9 Å². The lowest BCUT2D eigenvalue weighted by molar-refractivity contribution is -0.126. The Morgan fingerprint density at radius 1 is 1.20 bits per heavy atom. The summed E-state index contributed by atoms with van der Waals surface area (Å²) in [5.41, 5.74) is 0. The van der Waals surface area contributed by atoms with E-state index in [9.17, 15) is 4.79 Å². The number of benzene rings is 1. The minimum atomic E-state index is 0.291. The van der Waals surface area contributed by atoms with E-state index in [4.69, 9.17) is 4.74 Å². The predicted octanol–water partition coefficient (Wildman–Crippen LogP) is 4.63. The van der Waals surface area contributed by atoms with E-state index in [1.165, 1.54) is 12.8 Å². The van der Waals surface area contributed by atoms with Crippen LogP contribution in [0.5, 0.6) is 5.75 Å². The molecule has 2 unspecified atom stereocenters. The summed E-state index contributed by atoms with van der Waals surface area (Å²) in [7, 11) is 0. The van der Waals surface area contributed by atoms with Crippen molar-refractivity contribution in [2.45, 2.75) is 51.9 Å². The van der Waals surface area contributed by atoms with Crippen LogP contribution in [0.4, 0.5) is 0 Å². The maximum Gasteiger partial charge on any atom is 0.135 e. The van der Waals surface area contributed by atoms with Gasteiger partial charge in [0.25, 0.3) is 0 Å². The smallest absolute Gasteiger partial charge is 0.135 e. The number of para-hydroxylation sites is 1. The number of ketones is 1. The zero-order valence-electron chi connectivity index (χ0n) is 12.5. The first-order valence-corrected chi connectivity index (χ1v) is 8.00.